The largest absolute Gasteiger partial charge is 0.354 e. The van der Waals surface area contributed by atoms with Crippen LogP contribution in [0.25, 0.3) is 0 Å². The Hall–Kier alpha value is -1.91. The first-order valence-corrected chi connectivity index (χ1v) is 5.90. The van der Waals surface area contributed by atoms with Gasteiger partial charge >= 0.3 is 0 Å². The normalized spacial score (nSPS) is 16.1. The SMILES string of the molecule is Cc1ccc(F)cc1C(=O)N1CCNC(=O)CC1. The highest BCUT2D eigenvalue weighted by Crippen LogP contribution is 2.13. The molecule has 0 unspecified atom stereocenters. The molecular formula is C13H15FN2O2. The van der Waals surface area contributed by atoms with Gasteiger partial charge in [-0.05, 0) is 24.6 Å². The molecule has 96 valence electrons. The average Bonchev–Trinajstić information content (AvgIpc) is 2.56. The van der Waals surface area contributed by atoms with Crippen molar-refractivity contribution in [3.63, 3.8) is 0 Å². The third-order valence-electron chi connectivity index (χ3n) is 3.03. The van der Waals surface area contributed by atoms with E-state index in [0.717, 1.165) is 5.56 Å². The van der Waals surface area contributed by atoms with E-state index in [4.69, 9.17) is 0 Å². The molecule has 1 aromatic rings. The molecule has 0 aliphatic carbocycles. The van der Waals surface area contributed by atoms with Crippen molar-refractivity contribution >= 4 is 11.8 Å². The monoisotopic (exact) mass is 250 g/mol. The number of rotatable bonds is 1. The smallest absolute Gasteiger partial charge is 0.254 e. The number of amides is 2. The van der Waals surface area contributed by atoms with Crippen molar-refractivity contribution in [2.45, 2.75) is 13.3 Å². The van der Waals surface area contributed by atoms with E-state index < -0.39 is 5.82 Å². The summed E-state index contributed by atoms with van der Waals surface area (Å²) < 4.78 is 13.2. The quantitative estimate of drug-likeness (QED) is 0.811. The van der Waals surface area contributed by atoms with Crippen molar-refractivity contribution in [1.29, 1.82) is 0 Å². The average molecular weight is 250 g/mol. The Kier molecular flexibility index (Phi) is 3.60. The highest BCUT2D eigenvalue weighted by Gasteiger charge is 2.21. The Bertz CT molecular complexity index is 488. The summed E-state index contributed by atoms with van der Waals surface area (Å²) in [4.78, 5) is 25.0. The predicted octanol–water partition coefficient (Wildman–Crippen LogP) is 1.10. The van der Waals surface area contributed by atoms with Crippen LogP contribution in [0, 0.1) is 12.7 Å². The molecule has 0 bridgehead atoms. The first kappa shape index (κ1) is 12.5. The molecule has 0 spiro atoms. The Labute approximate surface area is 105 Å². The molecule has 1 aromatic carbocycles. The highest BCUT2D eigenvalue weighted by atomic mass is 19.1. The lowest BCUT2D eigenvalue weighted by atomic mass is 10.1. The predicted molar refractivity (Wildman–Crippen MR) is 64.7 cm³/mol. The number of carbonyl (C=O) groups excluding carboxylic acids is 2. The van der Waals surface area contributed by atoms with Crippen molar-refractivity contribution < 1.29 is 14.0 Å². The van der Waals surface area contributed by atoms with E-state index in [0.29, 0.717) is 31.6 Å². The number of carbonyl (C=O) groups is 2. The Morgan fingerprint density at radius 2 is 2.17 bits per heavy atom. The number of benzene rings is 1. The van der Waals surface area contributed by atoms with Gasteiger partial charge in [0.25, 0.3) is 5.91 Å². The zero-order valence-corrected chi connectivity index (χ0v) is 10.2. The minimum absolute atomic E-state index is 0.0544. The summed E-state index contributed by atoms with van der Waals surface area (Å²) in [7, 11) is 0. The zero-order chi connectivity index (χ0) is 13.1. The molecule has 1 aliphatic rings. The van der Waals surface area contributed by atoms with Gasteiger partial charge in [0.05, 0.1) is 0 Å². The fraction of sp³-hybridized carbons (Fsp3) is 0.385. The van der Waals surface area contributed by atoms with Crippen LogP contribution in [0.1, 0.15) is 22.3 Å². The fourth-order valence-corrected chi connectivity index (χ4v) is 1.97. The maximum atomic E-state index is 13.2. The second kappa shape index (κ2) is 5.16. The van der Waals surface area contributed by atoms with Crippen molar-refractivity contribution in [3.05, 3.63) is 35.1 Å². The summed E-state index contributed by atoms with van der Waals surface area (Å²) in [5, 5.41) is 2.70. The topological polar surface area (TPSA) is 49.4 Å². The van der Waals surface area contributed by atoms with E-state index in [9.17, 15) is 14.0 Å². The number of hydrogen-bond donors (Lipinski definition) is 1. The standard InChI is InChI=1S/C13H15FN2O2/c1-9-2-3-10(14)8-11(9)13(18)16-6-4-12(17)15-5-7-16/h2-3,8H,4-7H2,1H3,(H,15,17). The lowest BCUT2D eigenvalue weighted by Crippen LogP contribution is -2.34. The van der Waals surface area contributed by atoms with Gasteiger partial charge in [-0.2, -0.15) is 0 Å². The number of nitrogens with zero attached hydrogens (tertiary/aromatic N) is 1. The van der Waals surface area contributed by atoms with Crippen LogP contribution in [-0.2, 0) is 4.79 Å². The molecule has 0 radical (unpaired) electrons. The lowest BCUT2D eigenvalue weighted by Gasteiger charge is -2.20. The zero-order valence-electron chi connectivity index (χ0n) is 10.2. The number of aryl methyl sites for hydroxylation is 1. The number of halogens is 1. The van der Waals surface area contributed by atoms with Gasteiger partial charge < -0.3 is 10.2 Å². The van der Waals surface area contributed by atoms with Crippen LogP contribution in [0.4, 0.5) is 4.39 Å². The molecule has 4 nitrogen and oxygen atoms in total. The van der Waals surface area contributed by atoms with Gasteiger partial charge in [-0.3, -0.25) is 9.59 Å². The van der Waals surface area contributed by atoms with Crippen LogP contribution in [0.5, 0.6) is 0 Å². The molecule has 1 saturated heterocycles. The van der Waals surface area contributed by atoms with Crippen LogP contribution in [0.15, 0.2) is 18.2 Å². The number of nitrogens with one attached hydrogen (secondary N) is 1. The van der Waals surface area contributed by atoms with Crippen molar-refractivity contribution in [2.24, 2.45) is 0 Å². The third kappa shape index (κ3) is 2.67. The lowest BCUT2D eigenvalue weighted by molar-refractivity contribution is -0.120. The van der Waals surface area contributed by atoms with Crippen LogP contribution < -0.4 is 5.32 Å². The Balaban J connectivity index is 2.19. The third-order valence-corrected chi connectivity index (χ3v) is 3.03. The van der Waals surface area contributed by atoms with Gasteiger partial charge in [0.1, 0.15) is 5.82 Å². The summed E-state index contributed by atoms with van der Waals surface area (Å²) in [6.07, 6.45) is 0.292. The Morgan fingerprint density at radius 3 is 2.94 bits per heavy atom. The van der Waals surface area contributed by atoms with Crippen LogP contribution >= 0.6 is 0 Å². The van der Waals surface area contributed by atoms with Gasteiger partial charge in [0, 0.05) is 31.6 Å². The van der Waals surface area contributed by atoms with Crippen LogP contribution in [-0.4, -0.2) is 36.3 Å². The minimum atomic E-state index is -0.423. The first-order valence-electron chi connectivity index (χ1n) is 5.90. The van der Waals surface area contributed by atoms with E-state index in [1.165, 1.54) is 12.1 Å². The van der Waals surface area contributed by atoms with E-state index in [2.05, 4.69) is 5.32 Å². The molecule has 0 atom stereocenters. The van der Waals surface area contributed by atoms with Gasteiger partial charge in [-0.25, -0.2) is 4.39 Å². The summed E-state index contributed by atoms with van der Waals surface area (Å²) in [5.74, 6) is -0.697. The summed E-state index contributed by atoms with van der Waals surface area (Å²) in [5.41, 5.74) is 1.11. The van der Waals surface area contributed by atoms with E-state index in [1.807, 2.05) is 0 Å². The van der Waals surface area contributed by atoms with E-state index >= 15 is 0 Å². The van der Waals surface area contributed by atoms with Crippen LogP contribution in [0.3, 0.4) is 0 Å². The molecular weight excluding hydrogens is 235 g/mol. The van der Waals surface area contributed by atoms with Gasteiger partial charge in [0.15, 0.2) is 0 Å². The molecule has 2 rings (SSSR count). The fourth-order valence-electron chi connectivity index (χ4n) is 1.97. The van der Waals surface area contributed by atoms with Crippen molar-refractivity contribution in [2.75, 3.05) is 19.6 Å². The molecule has 1 fully saturated rings. The van der Waals surface area contributed by atoms with E-state index in [1.54, 1.807) is 17.9 Å². The van der Waals surface area contributed by atoms with Crippen molar-refractivity contribution in [1.82, 2.24) is 10.2 Å². The van der Waals surface area contributed by atoms with Gasteiger partial charge in [-0.15, -0.1) is 0 Å². The molecule has 1 heterocycles. The molecule has 2 amide bonds. The molecule has 0 saturated carbocycles. The molecule has 18 heavy (non-hydrogen) atoms. The van der Waals surface area contributed by atoms with Gasteiger partial charge in [0.2, 0.25) is 5.91 Å². The first-order chi connectivity index (χ1) is 8.58. The maximum Gasteiger partial charge on any atom is 0.254 e. The summed E-state index contributed by atoms with van der Waals surface area (Å²) in [6.45, 7) is 3.05. The summed E-state index contributed by atoms with van der Waals surface area (Å²) in [6, 6.07) is 4.17. The second-order valence-corrected chi connectivity index (χ2v) is 4.35. The maximum absolute atomic E-state index is 13.2. The summed E-state index contributed by atoms with van der Waals surface area (Å²) >= 11 is 0. The highest BCUT2D eigenvalue weighted by molar-refractivity contribution is 5.96. The van der Waals surface area contributed by atoms with E-state index in [-0.39, 0.29) is 11.8 Å². The molecule has 1 N–H and O–H groups in total. The van der Waals surface area contributed by atoms with Gasteiger partial charge in [-0.1, -0.05) is 6.07 Å². The molecule has 5 heteroatoms. The molecule has 0 aromatic heterocycles. The Morgan fingerprint density at radius 1 is 1.39 bits per heavy atom. The van der Waals surface area contributed by atoms with Crippen LogP contribution in [0.2, 0.25) is 0 Å². The van der Waals surface area contributed by atoms with Crippen molar-refractivity contribution in [3.8, 4) is 0 Å². The molecule has 1 aliphatic heterocycles. The minimum Gasteiger partial charge on any atom is -0.354 e. The second-order valence-electron chi connectivity index (χ2n) is 4.35. The number of hydrogen-bond acceptors (Lipinski definition) is 2.